The fourth-order valence-corrected chi connectivity index (χ4v) is 3.51. The van der Waals surface area contributed by atoms with E-state index in [-0.39, 0.29) is 11.9 Å². The van der Waals surface area contributed by atoms with Gasteiger partial charge >= 0.3 is 5.97 Å². The Hall–Kier alpha value is -1.83. The van der Waals surface area contributed by atoms with Crippen molar-refractivity contribution in [3.8, 4) is 0 Å². The molecule has 2 nitrogen and oxygen atoms in total. The van der Waals surface area contributed by atoms with Crippen LogP contribution in [-0.4, -0.2) is 12.6 Å². The standard InChI is InChI=1S/C19H22O2/c1-2-21-19(20)16-12-10-15(11-13-16)18-9-5-7-14-6-3-4-8-17(14)18/h3-9,15-16H,2,10-13H2,1H3. The van der Waals surface area contributed by atoms with Gasteiger partial charge in [-0.05, 0) is 54.9 Å². The normalized spacial score (nSPS) is 22.1. The largest absolute Gasteiger partial charge is 0.466 e. The van der Waals surface area contributed by atoms with Crippen molar-refractivity contribution in [3.63, 3.8) is 0 Å². The molecule has 0 atom stereocenters. The molecule has 1 saturated carbocycles. The van der Waals surface area contributed by atoms with E-state index >= 15 is 0 Å². The van der Waals surface area contributed by atoms with Crippen molar-refractivity contribution in [2.75, 3.05) is 6.61 Å². The minimum atomic E-state index is -0.00568. The highest BCUT2D eigenvalue weighted by molar-refractivity contribution is 5.86. The van der Waals surface area contributed by atoms with E-state index < -0.39 is 0 Å². The number of benzene rings is 2. The van der Waals surface area contributed by atoms with Crippen molar-refractivity contribution in [1.82, 2.24) is 0 Å². The van der Waals surface area contributed by atoms with Crippen LogP contribution >= 0.6 is 0 Å². The lowest BCUT2D eigenvalue weighted by molar-refractivity contribution is -0.149. The van der Waals surface area contributed by atoms with Gasteiger partial charge in [-0.2, -0.15) is 0 Å². The molecule has 3 rings (SSSR count). The monoisotopic (exact) mass is 282 g/mol. The number of carbonyl (C=O) groups is 1. The molecule has 0 N–H and O–H groups in total. The summed E-state index contributed by atoms with van der Waals surface area (Å²) >= 11 is 0. The summed E-state index contributed by atoms with van der Waals surface area (Å²) in [5, 5.41) is 2.67. The van der Waals surface area contributed by atoms with Crippen molar-refractivity contribution >= 4 is 16.7 Å². The number of carbonyl (C=O) groups excluding carboxylic acids is 1. The van der Waals surface area contributed by atoms with Crippen molar-refractivity contribution in [2.24, 2.45) is 5.92 Å². The number of ether oxygens (including phenoxy) is 1. The Morgan fingerprint density at radius 1 is 1.05 bits per heavy atom. The van der Waals surface area contributed by atoms with Crippen molar-refractivity contribution < 1.29 is 9.53 Å². The van der Waals surface area contributed by atoms with Crippen LogP contribution < -0.4 is 0 Å². The fraction of sp³-hybridized carbons (Fsp3) is 0.421. The smallest absolute Gasteiger partial charge is 0.308 e. The Morgan fingerprint density at radius 3 is 2.52 bits per heavy atom. The molecule has 0 radical (unpaired) electrons. The maximum absolute atomic E-state index is 11.8. The summed E-state index contributed by atoms with van der Waals surface area (Å²) in [6.45, 7) is 2.36. The van der Waals surface area contributed by atoms with Crippen LogP contribution in [0.5, 0.6) is 0 Å². The predicted molar refractivity (Wildman–Crippen MR) is 85.3 cm³/mol. The Morgan fingerprint density at radius 2 is 1.76 bits per heavy atom. The third-order valence-electron chi connectivity index (χ3n) is 4.61. The highest BCUT2D eigenvalue weighted by atomic mass is 16.5. The van der Waals surface area contributed by atoms with Gasteiger partial charge in [0.1, 0.15) is 0 Å². The average molecular weight is 282 g/mol. The predicted octanol–water partition coefficient (Wildman–Crippen LogP) is 4.68. The molecular weight excluding hydrogens is 260 g/mol. The first-order chi connectivity index (χ1) is 10.3. The molecule has 0 saturated heterocycles. The first-order valence-electron chi connectivity index (χ1n) is 7.94. The van der Waals surface area contributed by atoms with Gasteiger partial charge in [-0.25, -0.2) is 0 Å². The molecule has 0 aliphatic heterocycles. The summed E-state index contributed by atoms with van der Waals surface area (Å²) in [7, 11) is 0. The highest BCUT2D eigenvalue weighted by Crippen LogP contribution is 2.38. The molecule has 2 aromatic carbocycles. The zero-order valence-corrected chi connectivity index (χ0v) is 12.5. The summed E-state index contributed by atoms with van der Waals surface area (Å²) in [5.74, 6) is 0.673. The van der Waals surface area contributed by atoms with E-state index in [1.165, 1.54) is 16.3 Å². The molecule has 2 aromatic rings. The van der Waals surface area contributed by atoms with Gasteiger partial charge in [0.05, 0.1) is 12.5 Å². The van der Waals surface area contributed by atoms with Crippen LogP contribution in [0.1, 0.15) is 44.1 Å². The maximum atomic E-state index is 11.8. The van der Waals surface area contributed by atoms with Gasteiger partial charge < -0.3 is 4.74 Å². The van der Waals surface area contributed by atoms with Gasteiger partial charge in [0.2, 0.25) is 0 Å². The summed E-state index contributed by atoms with van der Waals surface area (Å²) in [6, 6.07) is 15.1. The van der Waals surface area contributed by atoms with Crippen LogP contribution in [0.25, 0.3) is 10.8 Å². The zero-order chi connectivity index (χ0) is 14.7. The minimum Gasteiger partial charge on any atom is -0.466 e. The molecule has 0 spiro atoms. The van der Waals surface area contributed by atoms with E-state index in [2.05, 4.69) is 42.5 Å². The van der Waals surface area contributed by atoms with Gasteiger partial charge in [0.25, 0.3) is 0 Å². The van der Waals surface area contributed by atoms with E-state index in [4.69, 9.17) is 4.74 Å². The molecule has 0 bridgehead atoms. The molecule has 1 fully saturated rings. The highest BCUT2D eigenvalue weighted by Gasteiger charge is 2.28. The summed E-state index contributed by atoms with van der Waals surface area (Å²) in [4.78, 5) is 11.8. The third kappa shape index (κ3) is 2.94. The fourth-order valence-electron chi connectivity index (χ4n) is 3.51. The van der Waals surface area contributed by atoms with Crippen molar-refractivity contribution in [2.45, 2.75) is 38.5 Å². The quantitative estimate of drug-likeness (QED) is 0.764. The topological polar surface area (TPSA) is 26.3 Å². The van der Waals surface area contributed by atoms with Crippen molar-refractivity contribution in [3.05, 3.63) is 48.0 Å². The first kappa shape index (κ1) is 14.1. The molecule has 1 aliphatic rings. The SMILES string of the molecule is CCOC(=O)C1CCC(c2cccc3ccccc23)CC1. The molecule has 0 aromatic heterocycles. The van der Waals surface area contributed by atoms with Crippen LogP contribution in [0, 0.1) is 5.92 Å². The number of fused-ring (bicyclic) bond motifs is 1. The lowest BCUT2D eigenvalue weighted by Gasteiger charge is -2.28. The van der Waals surface area contributed by atoms with E-state index in [9.17, 15) is 4.79 Å². The summed E-state index contributed by atoms with van der Waals surface area (Å²) < 4.78 is 5.15. The van der Waals surface area contributed by atoms with Gasteiger partial charge in [-0.1, -0.05) is 42.5 Å². The van der Waals surface area contributed by atoms with Gasteiger partial charge in [-0.15, -0.1) is 0 Å². The second kappa shape index (κ2) is 6.30. The van der Waals surface area contributed by atoms with Crippen LogP contribution in [-0.2, 0) is 9.53 Å². The van der Waals surface area contributed by atoms with E-state index in [0.717, 1.165) is 25.7 Å². The molecular formula is C19H22O2. The van der Waals surface area contributed by atoms with Crippen LogP contribution in [0.4, 0.5) is 0 Å². The van der Waals surface area contributed by atoms with Gasteiger partial charge in [0, 0.05) is 0 Å². The molecule has 2 heteroatoms. The molecule has 0 amide bonds. The molecule has 0 unspecified atom stereocenters. The van der Waals surface area contributed by atoms with Crippen LogP contribution in [0.3, 0.4) is 0 Å². The Bertz CT molecular complexity index is 619. The van der Waals surface area contributed by atoms with E-state index in [1.807, 2.05) is 6.92 Å². The number of rotatable bonds is 3. The summed E-state index contributed by atoms with van der Waals surface area (Å²) in [5.41, 5.74) is 1.44. The third-order valence-corrected chi connectivity index (χ3v) is 4.61. The molecule has 21 heavy (non-hydrogen) atoms. The van der Waals surface area contributed by atoms with Crippen LogP contribution in [0.2, 0.25) is 0 Å². The van der Waals surface area contributed by atoms with E-state index in [0.29, 0.717) is 12.5 Å². The molecule has 0 heterocycles. The first-order valence-corrected chi connectivity index (χ1v) is 7.94. The average Bonchev–Trinajstić information content (AvgIpc) is 2.55. The number of hydrogen-bond acceptors (Lipinski definition) is 2. The van der Waals surface area contributed by atoms with E-state index in [1.54, 1.807) is 0 Å². The van der Waals surface area contributed by atoms with Gasteiger partial charge in [-0.3, -0.25) is 4.79 Å². The lowest BCUT2D eigenvalue weighted by atomic mass is 9.77. The molecule has 110 valence electrons. The Labute approximate surface area is 126 Å². The number of hydrogen-bond donors (Lipinski definition) is 0. The maximum Gasteiger partial charge on any atom is 0.308 e. The number of esters is 1. The van der Waals surface area contributed by atoms with Crippen LogP contribution in [0.15, 0.2) is 42.5 Å². The minimum absolute atomic E-state index is 0.00568. The second-order valence-corrected chi connectivity index (χ2v) is 5.87. The lowest BCUT2D eigenvalue weighted by Crippen LogP contribution is -2.23. The molecule has 1 aliphatic carbocycles. The Kier molecular flexibility index (Phi) is 4.23. The van der Waals surface area contributed by atoms with Crippen molar-refractivity contribution in [1.29, 1.82) is 0 Å². The zero-order valence-electron chi connectivity index (χ0n) is 12.5. The van der Waals surface area contributed by atoms with Gasteiger partial charge in [0.15, 0.2) is 0 Å². The summed E-state index contributed by atoms with van der Waals surface area (Å²) in [6.07, 6.45) is 4.06. The Balaban J connectivity index is 1.76. The second-order valence-electron chi connectivity index (χ2n) is 5.87.